The number of benzene rings is 1. The van der Waals surface area contributed by atoms with E-state index in [9.17, 15) is 23.9 Å². The van der Waals surface area contributed by atoms with Crippen molar-refractivity contribution in [1.82, 2.24) is 9.88 Å². The van der Waals surface area contributed by atoms with E-state index in [0.29, 0.717) is 28.9 Å². The molecule has 0 saturated heterocycles. The Hall–Kier alpha value is -3.00. The van der Waals surface area contributed by atoms with E-state index in [-0.39, 0.29) is 23.7 Å². The van der Waals surface area contributed by atoms with Crippen molar-refractivity contribution in [3.63, 3.8) is 0 Å². The lowest BCUT2D eigenvalue weighted by molar-refractivity contribution is -0.118. The van der Waals surface area contributed by atoms with E-state index in [1.54, 1.807) is 34.7 Å². The van der Waals surface area contributed by atoms with Crippen LogP contribution in [0.3, 0.4) is 0 Å². The zero-order chi connectivity index (χ0) is 21.9. The van der Waals surface area contributed by atoms with E-state index in [2.05, 4.69) is 10.6 Å². The minimum Gasteiger partial charge on any atom is -0.394 e. The average Bonchev–Trinajstić information content (AvgIpc) is 2.90. The number of anilines is 1. The molecule has 0 saturated carbocycles. The summed E-state index contributed by atoms with van der Waals surface area (Å²) in [4.78, 5) is 37.8. The quantitative estimate of drug-likeness (QED) is 0.488. The highest BCUT2D eigenvalue weighted by Gasteiger charge is 2.29. The maximum absolute atomic E-state index is 13.4. The van der Waals surface area contributed by atoms with Crippen molar-refractivity contribution >= 4 is 23.3 Å². The highest BCUT2D eigenvalue weighted by atomic mass is 19.1. The lowest BCUT2D eigenvalue weighted by atomic mass is 10.1. The normalized spacial score (nSPS) is 11.8. The first-order valence-electron chi connectivity index (χ1n) is 9.31. The van der Waals surface area contributed by atoms with Gasteiger partial charge in [0.1, 0.15) is 5.82 Å². The van der Waals surface area contributed by atoms with Crippen molar-refractivity contribution in [3.8, 4) is 0 Å². The van der Waals surface area contributed by atoms with Crippen LogP contribution in [0.25, 0.3) is 0 Å². The van der Waals surface area contributed by atoms with E-state index < -0.39 is 23.6 Å². The van der Waals surface area contributed by atoms with Crippen LogP contribution in [-0.2, 0) is 11.8 Å². The molecule has 2 rings (SSSR count). The summed E-state index contributed by atoms with van der Waals surface area (Å²) in [5, 5.41) is 14.4. The summed E-state index contributed by atoms with van der Waals surface area (Å²) >= 11 is 0. The number of carbonyl (C=O) groups excluding carboxylic acids is 3. The zero-order valence-electron chi connectivity index (χ0n) is 17.2. The average molecular weight is 403 g/mol. The molecule has 0 aliphatic carbocycles. The number of hydrogen-bond donors (Lipinski definition) is 3. The molecule has 3 N–H and O–H groups in total. The van der Waals surface area contributed by atoms with E-state index in [1.807, 2.05) is 0 Å². The Morgan fingerprint density at radius 1 is 1.21 bits per heavy atom. The molecule has 8 heteroatoms. The number of aliphatic hydroxyl groups excluding tert-OH is 1. The van der Waals surface area contributed by atoms with Crippen molar-refractivity contribution < 1.29 is 23.9 Å². The van der Waals surface area contributed by atoms with Gasteiger partial charge in [-0.05, 0) is 56.5 Å². The first kappa shape index (κ1) is 22.3. The number of aliphatic hydroxyl groups is 1. The fourth-order valence-electron chi connectivity index (χ4n) is 3.19. The van der Waals surface area contributed by atoms with Gasteiger partial charge >= 0.3 is 0 Å². The standard InChI is InChI=1S/C21H26FN3O4/c1-6-14(10-26)23-21(29)19(27)18-12(3)17(13(4)25(18)5)20(28)24-15-7-8-16(22)11(2)9-15/h7-9,14,26H,6,10H2,1-5H3,(H,23,29)(H,24,28)/t14-/m1/s1. The molecular weight excluding hydrogens is 377 g/mol. The number of aryl methyl sites for hydroxylation is 1. The number of Topliss-reactive ketones (excluding diaryl/α,β-unsaturated/α-hetero) is 1. The fourth-order valence-corrected chi connectivity index (χ4v) is 3.19. The Labute approximate surface area is 168 Å². The van der Waals surface area contributed by atoms with Crippen LogP contribution in [0.4, 0.5) is 10.1 Å². The minimum atomic E-state index is -0.837. The van der Waals surface area contributed by atoms with Gasteiger partial charge < -0.3 is 20.3 Å². The SMILES string of the molecule is CC[C@H](CO)NC(=O)C(=O)c1c(C)c(C(=O)Nc2ccc(F)c(C)c2)c(C)n1C. The summed E-state index contributed by atoms with van der Waals surface area (Å²) in [6, 6.07) is 3.71. The highest BCUT2D eigenvalue weighted by molar-refractivity contribution is 6.43. The third-order valence-corrected chi connectivity index (χ3v) is 5.04. The van der Waals surface area contributed by atoms with E-state index in [0.717, 1.165) is 0 Å². The smallest absolute Gasteiger partial charge is 0.294 e. The lowest BCUT2D eigenvalue weighted by Crippen LogP contribution is -2.41. The van der Waals surface area contributed by atoms with Crippen molar-refractivity contribution in [2.24, 2.45) is 7.05 Å². The molecule has 1 aromatic carbocycles. The van der Waals surface area contributed by atoms with Gasteiger partial charge in [-0.1, -0.05) is 6.92 Å². The molecule has 0 aliphatic rings. The largest absolute Gasteiger partial charge is 0.394 e. The molecule has 2 amide bonds. The first-order chi connectivity index (χ1) is 13.6. The van der Waals surface area contributed by atoms with Crippen LogP contribution >= 0.6 is 0 Å². The van der Waals surface area contributed by atoms with Crippen LogP contribution in [0.15, 0.2) is 18.2 Å². The number of carbonyl (C=O) groups is 3. The Morgan fingerprint density at radius 3 is 2.41 bits per heavy atom. The molecule has 2 aromatic rings. The maximum atomic E-state index is 13.4. The Morgan fingerprint density at radius 2 is 1.86 bits per heavy atom. The molecule has 0 fully saturated rings. The summed E-state index contributed by atoms with van der Waals surface area (Å²) < 4.78 is 14.9. The molecule has 7 nitrogen and oxygen atoms in total. The van der Waals surface area contributed by atoms with Gasteiger partial charge in [0.05, 0.1) is 23.9 Å². The Bertz CT molecular complexity index is 961. The maximum Gasteiger partial charge on any atom is 0.294 e. The molecule has 29 heavy (non-hydrogen) atoms. The number of ketones is 1. The van der Waals surface area contributed by atoms with E-state index in [1.165, 1.54) is 22.8 Å². The number of hydrogen-bond acceptors (Lipinski definition) is 4. The molecule has 1 heterocycles. The van der Waals surface area contributed by atoms with E-state index in [4.69, 9.17) is 0 Å². The summed E-state index contributed by atoms with van der Waals surface area (Å²) in [7, 11) is 1.60. The number of nitrogens with zero attached hydrogens (tertiary/aromatic N) is 1. The third kappa shape index (κ3) is 4.54. The van der Waals surface area contributed by atoms with Crippen molar-refractivity contribution in [3.05, 3.63) is 52.1 Å². The van der Waals surface area contributed by atoms with Gasteiger partial charge in [-0.15, -0.1) is 0 Å². The molecule has 0 bridgehead atoms. The van der Waals surface area contributed by atoms with Gasteiger partial charge in [-0.3, -0.25) is 14.4 Å². The van der Waals surface area contributed by atoms with Crippen LogP contribution in [0, 0.1) is 26.6 Å². The van der Waals surface area contributed by atoms with Crippen LogP contribution in [0.2, 0.25) is 0 Å². The van der Waals surface area contributed by atoms with Gasteiger partial charge in [-0.25, -0.2) is 4.39 Å². The second-order valence-electron chi connectivity index (χ2n) is 7.00. The summed E-state index contributed by atoms with van der Waals surface area (Å²) in [5.74, 6) is -2.45. The molecule has 0 radical (unpaired) electrons. The molecule has 0 unspecified atom stereocenters. The van der Waals surface area contributed by atoms with Crippen molar-refractivity contribution in [2.75, 3.05) is 11.9 Å². The molecule has 0 spiro atoms. The van der Waals surface area contributed by atoms with Crippen LogP contribution in [0.1, 0.15) is 51.0 Å². The Balaban J connectivity index is 2.33. The van der Waals surface area contributed by atoms with Gasteiger partial charge in [0, 0.05) is 18.4 Å². The van der Waals surface area contributed by atoms with Gasteiger partial charge in [-0.2, -0.15) is 0 Å². The molecule has 0 aliphatic heterocycles. The number of halogens is 1. The topological polar surface area (TPSA) is 100 Å². The van der Waals surface area contributed by atoms with Crippen LogP contribution < -0.4 is 10.6 Å². The third-order valence-electron chi connectivity index (χ3n) is 5.04. The summed E-state index contributed by atoms with van der Waals surface area (Å²) in [6.45, 7) is 6.38. The molecular formula is C21H26FN3O4. The van der Waals surface area contributed by atoms with Crippen LogP contribution in [-0.4, -0.2) is 39.9 Å². The van der Waals surface area contributed by atoms with Crippen molar-refractivity contribution in [2.45, 2.75) is 40.2 Å². The minimum absolute atomic E-state index is 0.105. The summed E-state index contributed by atoms with van der Waals surface area (Å²) in [5.41, 5.74) is 2.10. The second kappa shape index (κ2) is 9.00. The molecule has 1 aromatic heterocycles. The molecule has 156 valence electrons. The fraction of sp³-hybridized carbons (Fsp3) is 0.381. The monoisotopic (exact) mass is 403 g/mol. The van der Waals surface area contributed by atoms with Crippen LogP contribution in [0.5, 0.6) is 0 Å². The number of aromatic nitrogens is 1. The van der Waals surface area contributed by atoms with Gasteiger partial charge in [0.2, 0.25) is 0 Å². The predicted octanol–water partition coefficient (Wildman–Crippen LogP) is 2.41. The van der Waals surface area contributed by atoms with Crippen molar-refractivity contribution in [1.29, 1.82) is 0 Å². The second-order valence-corrected chi connectivity index (χ2v) is 7.00. The first-order valence-corrected chi connectivity index (χ1v) is 9.31. The van der Waals surface area contributed by atoms with Gasteiger partial charge in [0.15, 0.2) is 0 Å². The molecule has 1 atom stereocenters. The predicted molar refractivity (Wildman–Crippen MR) is 108 cm³/mol. The number of nitrogens with one attached hydrogen (secondary N) is 2. The number of amides is 2. The number of rotatable bonds is 7. The van der Waals surface area contributed by atoms with E-state index >= 15 is 0 Å². The highest BCUT2D eigenvalue weighted by Crippen LogP contribution is 2.24. The zero-order valence-corrected chi connectivity index (χ0v) is 17.2. The lowest BCUT2D eigenvalue weighted by Gasteiger charge is -2.13. The van der Waals surface area contributed by atoms with Gasteiger partial charge in [0.25, 0.3) is 17.6 Å². The summed E-state index contributed by atoms with van der Waals surface area (Å²) in [6.07, 6.45) is 0.478. The Kier molecular flexibility index (Phi) is 6.92.